The molecule has 3 aromatic rings. The number of nitrogens with one attached hydrogen (secondary N) is 1. The van der Waals surface area contributed by atoms with Crippen LogP contribution >= 0.6 is 11.3 Å². The van der Waals surface area contributed by atoms with Crippen LogP contribution in [0.15, 0.2) is 42.7 Å². The van der Waals surface area contributed by atoms with Crippen LogP contribution in [0, 0.1) is 0 Å². The molecular formula is C16H19N3S. The van der Waals surface area contributed by atoms with Crippen molar-refractivity contribution >= 4 is 21.6 Å². The number of thiazole rings is 1. The second kappa shape index (κ2) is 6.20. The van der Waals surface area contributed by atoms with Crippen molar-refractivity contribution in [3.63, 3.8) is 0 Å². The van der Waals surface area contributed by atoms with Crippen molar-refractivity contribution in [2.75, 3.05) is 0 Å². The molecule has 0 spiro atoms. The molecule has 4 heteroatoms. The predicted molar refractivity (Wildman–Crippen MR) is 84.9 cm³/mol. The van der Waals surface area contributed by atoms with E-state index >= 15 is 0 Å². The van der Waals surface area contributed by atoms with E-state index in [0.29, 0.717) is 0 Å². The lowest BCUT2D eigenvalue weighted by Crippen LogP contribution is -2.11. The molecule has 0 unspecified atom stereocenters. The number of hydrogen-bond acceptors (Lipinski definition) is 3. The molecule has 0 amide bonds. The second-order valence-electron chi connectivity index (χ2n) is 4.94. The van der Waals surface area contributed by atoms with Gasteiger partial charge in [-0.1, -0.05) is 19.1 Å². The lowest BCUT2D eigenvalue weighted by atomic mass is 10.3. The Morgan fingerprint density at radius 1 is 1.20 bits per heavy atom. The van der Waals surface area contributed by atoms with Gasteiger partial charge in [0, 0.05) is 32.0 Å². The van der Waals surface area contributed by atoms with E-state index in [1.165, 1.54) is 16.7 Å². The number of hydrogen-bond donors (Lipinski definition) is 1. The topological polar surface area (TPSA) is 29.9 Å². The summed E-state index contributed by atoms with van der Waals surface area (Å²) < 4.78 is 3.51. The summed E-state index contributed by atoms with van der Waals surface area (Å²) in [4.78, 5) is 4.63. The molecule has 1 aromatic carbocycles. The predicted octanol–water partition coefficient (Wildman–Crippen LogP) is 3.80. The average molecular weight is 285 g/mol. The molecule has 0 aliphatic rings. The average Bonchev–Trinajstić information content (AvgIpc) is 3.05. The van der Waals surface area contributed by atoms with Gasteiger partial charge in [0.25, 0.3) is 0 Å². The Labute approximate surface area is 123 Å². The minimum Gasteiger partial charge on any atom is -0.354 e. The summed E-state index contributed by atoms with van der Waals surface area (Å²) in [6, 6.07) is 10.5. The summed E-state index contributed by atoms with van der Waals surface area (Å²) in [6.45, 7) is 5.02. The number of benzene rings is 1. The summed E-state index contributed by atoms with van der Waals surface area (Å²) in [7, 11) is 0. The fraction of sp³-hybridized carbons (Fsp3) is 0.312. The van der Waals surface area contributed by atoms with Crippen molar-refractivity contribution in [2.24, 2.45) is 0 Å². The minimum absolute atomic E-state index is 0.832. The first-order valence-electron chi connectivity index (χ1n) is 7.05. The molecular weight excluding hydrogens is 266 g/mol. The molecule has 0 aliphatic heterocycles. The molecule has 104 valence electrons. The van der Waals surface area contributed by atoms with Crippen LogP contribution in [0.1, 0.15) is 23.9 Å². The van der Waals surface area contributed by atoms with Crippen LogP contribution in [0.3, 0.4) is 0 Å². The number of aryl methyl sites for hydroxylation is 1. The van der Waals surface area contributed by atoms with Crippen LogP contribution in [-0.2, 0) is 19.6 Å². The monoisotopic (exact) mass is 285 g/mol. The largest absolute Gasteiger partial charge is 0.354 e. The maximum absolute atomic E-state index is 4.63. The summed E-state index contributed by atoms with van der Waals surface area (Å²) >= 11 is 1.77. The normalized spacial score (nSPS) is 11.2. The van der Waals surface area contributed by atoms with Crippen LogP contribution < -0.4 is 5.32 Å². The maximum Gasteiger partial charge on any atom is 0.108 e. The molecule has 3 nitrogen and oxygen atoms in total. The van der Waals surface area contributed by atoms with Crippen molar-refractivity contribution in [1.82, 2.24) is 14.9 Å². The van der Waals surface area contributed by atoms with Crippen LogP contribution in [-0.4, -0.2) is 9.55 Å². The summed E-state index contributed by atoms with van der Waals surface area (Å²) in [5.74, 6) is 0. The standard InChI is InChI=1S/C16H19N3S/c1-2-8-19-9-7-13(12-19)10-17-11-16-18-14-5-3-4-6-15(14)20-16/h3-7,9,12,17H,2,8,10-11H2,1H3. The van der Waals surface area contributed by atoms with Crippen LogP contribution in [0.4, 0.5) is 0 Å². The fourth-order valence-corrected chi connectivity index (χ4v) is 3.24. The first-order valence-corrected chi connectivity index (χ1v) is 7.86. The molecule has 0 radical (unpaired) electrons. The third kappa shape index (κ3) is 3.08. The third-order valence-electron chi connectivity index (χ3n) is 3.24. The molecule has 0 saturated heterocycles. The number of rotatable bonds is 6. The molecule has 2 heterocycles. The molecule has 1 N–H and O–H groups in total. The number of nitrogens with zero attached hydrogens (tertiary/aromatic N) is 2. The van der Waals surface area contributed by atoms with E-state index in [4.69, 9.17) is 0 Å². The Hall–Kier alpha value is -1.65. The number of para-hydroxylation sites is 1. The minimum atomic E-state index is 0.832. The van der Waals surface area contributed by atoms with Crippen molar-refractivity contribution in [1.29, 1.82) is 0 Å². The summed E-state index contributed by atoms with van der Waals surface area (Å²) in [5.41, 5.74) is 2.43. The van der Waals surface area contributed by atoms with E-state index in [-0.39, 0.29) is 0 Å². The van der Waals surface area contributed by atoms with Crippen molar-refractivity contribution in [2.45, 2.75) is 33.0 Å². The highest BCUT2D eigenvalue weighted by atomic mass is 32.1. The molecule has 0 aliphatic carbocycles. The van der Waals surface area contributed by atoms with E-state index in [0.717, 1.165) is 30.2 Å². The molecule has 0 atom stereocenters. The van der Waals surface area contributed by atoms with Crippen molar-refractivity contribution in [3.8, 4) is 0 Å². The Bertz CT molecular complexity index is 651. The van der Waals surface area contributed by atoms with Gasteiger partial charge in [-0.25, -0.2) is 4.98 Å². The van der Waals surface area contributed by atoms with E-state index in [9.17, 15) is 0 Å². The van der Waals surface area contributed by atoms with E-state index in [1.54, 1.807) is 11.3 Å². The van der Waals surface area contributed by atoms with Gasteiger partial charge in [0.2, 0.25) is 0 Å². The second-order valence-corrected chi connectivity index (χ2v) is 6.05. The first kappa shape index (κ1) is 13.3. The molecule has 20 heavy (non-hydrogen) atoms. The Morgan fingerprint density at radius 3 is 2.95 bits per heavy atom. The van der Waals surface area contributed by atoms with E-state index in [2.05, 4.69) is 58.5 Å². The van der Waals surface area contributed by atoms with Gasteiger partial charge in [-0.3, -0.25) is 0 Å². The molecule has 0 fully saturated rings. The van der Waals surface area contributed by atoms with Gasteiger partial charge in [-0.15, -0.1) is 11.3 Å². The fourth-order valence-electron chi connectivity index (χ4n) is 2.30. The Kier molecular flexibility index (Phi) is 4.14. The SMILES string of the molecule is CCCn1ccc(CNCc2nc3ccccc3s2)c1. The van der Waals surface area contributed by atoms with Gasteiger partial charge in [0.05, 0.1) is 10.2 Å². The van der Waals surface area contributed by atoms with E-state index < -0.39 is 0 Å². The van der Waals surface area contributed by atoms with Gasteiger partial charge in [0.1, 0.15) is 5.01 Å². The Balaban J connectivity index is 1.56. The van der Waals surface area contributed by atoms with Crippen LogP contribution in [0.25, 0.3) is 10.2 Å². The number of aromatic nitrogens is 2. The quantitative estimate of drug-likeness (QED) is 0.746. The zero-order chi connectivity index (χ0) is 13.8. The van der Waals surface area contributed by atoms with Crippen molar-refractivity contribution in [3.05, 3.63) is 53.3 Å². The number of fused-ring (bicyclic) bond motifs is 1. The van der Waals surface area contributed by atoms with Crippen LogP contribution in [0.5, 0.6) is 0 Å². The maximum atomic E-state index is 4.63. The van der Waals surface area contributed by atoms with Gasteiger partial charge in [-0.2, -0.15) is 0 Å². The Morgan fingerprint density at radius 2 is 2.10 bits per heavy atom. The third-order valence-corrected chi connectivity index (χ3v) is 4.27. The summed E-state index contributed by atoms with van der Waals surface area (Å²) in [5, 5.41) is 4.62. The highest BCUT2D eigenvalue weighted by molar-refractivity contribution is 7.18. The van der Waals surface area contributed by atoms with E-state index in [1.807, 2.05) is 6.07 Å². The zero-order valence-electron chi connectivity index (χ0n) is 11.7. The molecule has 0 saturated carbocycles. The molecule has 2 aromatic heterocycles. The van der Waals surface area contributed by atoms with Gasteiger partial charge < -0.3 is 9.88 Å². The van der Waals surface area contributed by atoms with Crippen LogP contribution in [0.2, 0.25) is 0 Å². The smallest absolute Gasteiger partial charge is 0.108 e. The lowest BCUT2D eigenvalue weighted by Gasteiger charge is -2.00. The molecule has 3 rings (SSSR count). The first-order chi connectivity index (χ1) is 9.85. The molecule has 0 bridgehead atoms. The van der Waals surface area contributed by atoms with Gasteiger partial charge in [-0.05, 0) is 30.2 Å². The van der Waals surface area contributed by atoms with Gasteiger partial charge >= 0.3 is 0 Å². The summed E-state index contributed by atoms with van der Waals surface area (Å²) in [6.07, 6.45) is 5.54. The highest BCUT2D eigenvalue weighted by Crippen LogP contribution is 2.21. The highest BCUT2D eigenvalue weighted by Gasteiger charge is 2.03. The van der Waals surface area contributed by atoms with Crippen molar-refractivity contribution < 1.29 is 0 Å². The van der Waals surface area contributed by atoms with Gasteiger partial charge in [0.15, 0.2) is 0 Å². The zero-order valence-corrected chi connectivity index (χ0v) is 12.5. The lowest BCUT2D eigenvalue weighted by molar-refractivity contribution is 0.667.